The lowest BCUT2D eigenvalue weighted by atomic mass is 9.65. The number of nitrogens with zero attached hydrogens (tertiary/aromatic N) is 2. The van der Waals surface area contributed by atoms with Crippen LogP contribution in [0.2, 0.25) is 0 Å². The van der Waals surface area contributed by atoms with Gasteiger partial charge in [-0.25, -0.2) is 22.2 Å². The van der Waals surface area contributed by atoms with Crippen molar-refractivity contribution in [2.75, 3.05) is 13.3 Å². The van der Waals surface area contributed by atoms with E-state index in [1.54, 1.807) is 19.1 Å². The van der Waals surface area contributed by atoms with E-state index in [1.807, 2.05) is 45.1 Å². The Labute approximate surface area is 321 Å². The fourth-order valence-corrected chi connectivity index (χ4v) is 9.75. The van der Waals surface area contributed by atoms with Crippen molar-refractivity contribution in [3.05, 3.63) is 47.7 Å². The van der Waals surface area contributed by atoms with E-state index in [0.29, 0.717) is 55.0 Å². The van der Waals surface area contributed by atoms with Gasteiger partial charge in [-0.05, 0) is 91.5 Å². The molecule has 2 saturated carbocycles. The van der Waals surface area contributed by atoms with Gasteiger partial charge in [-0.3, -0.25) is 24.4 Å². The SMILES string of the molecule is CC(C)(C)OCNC1CCCCCC=CC2CCC2(C(=O)NS(=O)(=O)C2(C)CC2)NC(=O)C2CC3(CCc4c(c(C(F)F)nc5ccccc45)O3)CN2C1=O. The Morgan fingerprint density at radius 3 is 2.56 bits per heavy atom. The largest absolute Gasteiger partial charge is 0.483 e. The van der Waals surface area contributed by atoms with Gasteiger partial charge in [0, 0.05) is 23.3 Å². The molecule has 2 aliphatic carbocycles. The molecule has 12 nitrogen and oxygen atoms in total. The highest BCUT2D eigenvalue weighted by Crippen LogP contribution is 2.48. The van der Waals surface area contributed by atoms with Crippen molar-refractivity contribution >= 4 is 38.6 Å². The Balaban J connectivity index is 1.25. The summed E-state index contributed by atoms with van der Waals surface area (Å²) in [6.07, 6.45) is 6.77. The molecule has 0 radical (unpaired) electrons. The molecule has 5 atom stereocenters. The van der Waals surface area contributed by atoms with Crippen molar-refractivity contribution in [2.45, 2.75) is 145 Å². The Bertz CT molecular complexity index is 1980. The minimum atomic E-state index is -4.02. The number of aryl methyl sites for hydroxylation is 1. The van der Waals surface area contributed by atoms with Crippen molar-refractivity contribution in [1.29, 1.82) is 0 Å². The average Bonchev–Trinajstić information content (AvgIpc) is 3.78. The molecule has 300 valence electrons. The first kappa shape index (κ1) is 39.5. The summed E-state index contributed by atoms with van der Waals surface area (Å²) in [4.78, 5) is 49.3. The van der Waals surface area contributed by atoms with Gasteiger partial charge in [0.15, 0.2) is 5.75 Å². The highest BCUT2D eigenvalue weighted by atomic mass is 32.2. The van der Waals surface area contributed by atoms with E-state index in [2.05, 4.69) is 20.3 Å². The minimum absolute atomic E-state index is 0.0254. The highest BCUT2D eigenvalue weighted by Gasteiger charge is 2.59. The van der Waals surface area contributed by atoms with Crippen LogP contribution in [0.15, 0.2) is 36.4 Å². The molecular weight excluding hydrogens is 733 g/mol. The Morgan fingerprint density at radius 1 is 1.11 bits per heavy atom. The highest BCUT2D eigenvalue weighted by molar-refractivity contribution is 7.91. The fraction of sp³-hybridized carbons (Fsp3) is 0.650. The third kappa shape index (κ3) is 7.72. The van der Waals surface area contributed by atoms with Gasteiger partial charge in [-0.2, -0.15) is 0 Å². The van der Waals surface area contributed by atoms with E-state index < -0.39 is 73.4 Å². The number of para-hydroxylation sites is 1. The number of hydrogen-bond donors (Lipinski definition) is 3. The number of alkyl halides is 2. The predicted octanol–water partition coefficient (Wildman–Crippen LogP) is 5.35. The average molecular weight is 786 g/mol. The van der Waals surface area contributed by atoms with Gasteiger partial charge in [-0.15, -0.1) is 0 Å². The second kappa shape index (κ2) is 14.7. The van der Waals surface area contributed by atoms with Crippen molar-refractivity contribution < 1.29 is 41.1 Å². The van der Waals surface area contributed by atoms with E-state index in [1.165, 1.54) is 4.90 Å². The summed E-state index contributed by atoms with van der Waals surface area (Å²) in [7, 11) is -4.02. The van der Waals surface area contributed by atoms with Gasteiger partial charge >= 0.3 is 0 Å². The van der Waals surface area contributed by atoms with Gasteiger partial charge in [0.1, 0.15) is 22.9 Å². The Hall–Kier alpha value is -3.69. The van der Waals surface area contributed by atoms with Crippen molar-refractivity contribution in [2.24, 2.45) is 5.92 Å². The van der Waals surface area contributed by atoms with E-state index in [-0.39, 0.29) is 37.8 Å². The molecule has 15 heteroatoms. The van der Waals surface area contributed by atoms with Crippen LogP contribution >= 0.6 is 0 Å². The zero-order valence-electron chi connectivity index (χ0n) is 32.1. The number of fused-ring (bicyclic) bond motifs is 5. The first-order valence-electron chi connectivity index (χ1n) is 19.6. The molecule has 3 aliphatic heterocycles. The Morgan fingerprint density at radius 2 is 1.87 bits per heavy atom. The molecule has 0 bridgehead atoms. The van der Waals surface area contributed by atoms with Crippen LogP contribution in [0, 0.1) is 5.92 Å². The van der Waals surface area contributed by atoms with Crippen molar-refractivity contribution in [1.82, 2.24) is 25.2 Å². The first-order chi connectivity index (χ1) is 26.0. The molecule has 3 amide bonds. The quantitative estimate of drug-likeness (QED) is 0.249. The van der Waals surface area contributed by atoms with Gasteiger partial charge in [0.2, 0.25) is 21.8 Å². The molecule has 55 heavy (non-hydrogen) atoms. The third-order valence-electron chi connectivity index (χ3n) is 12.2. The predicted molar refractivity (Wildman–Crippen MR) is 202 cm³/mol. The molecule has 1 spiro atoms. The fourth-order valence-electron chi connectivity index (χ4n) is 8.44. The standard InChI is InChI=1S/C40H53F2N5O7S/c1-37(2,3)53-24-43-29-15-9-7-5-6-8-12-25-16-19-40(25,36(50)46-55(51,52)38(4)20-21-38)45-34(48)30-22-39(23-47(30)35(29)49)18-17-27-26-13-10-11-14-28(26)44-31(33(41)42)32(27)54-39/h8,10-14,25,29-30,33,43H,5-7,9,15-24H2,1-4H3,(H,45,48)(H,46,50). The number of nitrogens with one attached hydrogen (secondary N) is 3. The summed E-state index contributed by atoms with van der Waals surface area (Å²) < 4.78 is 69.6. The summed E-state index contributed by atoms with van der Waals surface area (Å²) in [6, 6.07) is 5.17. The van der Waals surface area contributed by atoms with E-state index in [0.717, 1.165) is 25.7 Å². The Kier molecular flexibility index (Phi) is 10.5. The molecule has 7 rings (SSSR count). The maximum Gasteiger partial charge on any atom is 0.284 e. The minimum Gasteiger partial charge on any atom is -0.483 e. The molecule has 5 unspecified atom stereocenters. The number of ether oxygens (including phenoxy) is 2. The van der Waals surface area contributed by atoms with Gasteiger partial charge < -0.3 is 19.7 Å². The van der Waals surface area contributed by atoms with Crippen molar-refractivity contribution in [3.63, 3.8) is 0 Å². The van der Waals surface area contributed by atoms with Gasteiger partial charge in [0.05, 0.1) is 35.2 Å². The lowest BCUT2D eigenvalue weighted by Crippen LogP contribution is -2.70. The van der Waals surface area contributed by atoms with E-state index >= 15 is 0 Å². The number of aromatic nitrogens is 1. The molecule has 3 N–H and O–H groups in total. The number of allylic oxidation sites excluding steroid dienone is 1. The van der Waals surface area contributed by atoms with Crippen LogP contribution in [0.1, 0.15) is 116 Å². The van der Waals surface area contributed by atoms with Crippen LogP contribution in [0.25, 0.3) is 10.9 Å². The topological polar surface area (TPSA) is 156 Å². The number of halogens is 2. The number of sulfonamides is 1. The van der Waals surface area contributed by atoms with Gasteiger partial charge in [0.25, 0.3) is 12.3 Å². The molecule has 2 aromatic rings. The number of amides is 3. The summed E-state index contributed by atoms with van der Waals surface area (Å²) in [5, 5.41) is 6.92. The number of rotatable bonds is 7. The smallest absolute Gasteiger partial charge is 0.284 e. The first-order valence-corrected chi connectivity index (χ1v) is 21.1. The number of carbonyl (C=O) groups is 3. The third-order valence-corrected chi connectivity index (χ3v) is 14.4. The second-order valence-electron chi connectivity index (χ2n) is 17.3. The number of pyridine rings is 1. The van der Waals surface area contributed by atoms with Crippen molar-refractivity contribution in [3.8, 4) is 5.75 Å². The van der Waals surface area contributed by atoms with Crippen LogP contribution in [-0.4, -0.2) is 82.9 Å². The van der Waals surface area contributed by atoms with Crippen LogP contribution in [0.3, 0.4) is 0 Å². The van der Waals surface area contributed by atoms with E-state index in [9.17, 15) is 31.6 Å². The van der Waals surface area contributed by atoms with Crippen LogP contribution < -0.4 is 20.1 Å². The van der Waals surface area contributed by atoms with Gasteiger partial charge in [-0.1, -0.05) is 43.2 Å². The van der Waals surface area contributed by atoms with Crippen LogP contribution in [0.4, 0.5) is 8.78 Å². The normalized spacial score (nSPS) is 29.7. The lowest BCUT2D eigenvalue weighted by Gasteiger charge is -2.48. The molecule has 3 fully saturated rings. The number of carbonyl (C=O) groups excluding carboxylic acids is 3. The summed E-state index contributed by atoms with van der Waals surface area (Å²) in [5.41, 5.74) is -2.71. The lowest BCUT2D eigenvalue weighted by molar-refractivity contribution is -0.145. The zero-order chi connectivity index (χ0) is 39.4. The number of benzene rings is 1. The zero-order valence-corrected chi connectivity index (χ0v) is 32.9. The summed E-state index contributed by atoms with van der Waals surface area (Å²) in [6.45, 7) is 7.33. The molecule has 4 heterocycles. The van der Waals surface area contributed by atoms with E-state index in [4.69, 9.17) is 9.47 Å². The summed E-state index contributed by atoms with van der Waals surface area (Å²) >= 11 is 0. The molecular formula is C40H53F2N5O7S. The molecule has 1 aromatic heterocycles. The van der Waals surface area contributed by atoms with Crippen LogP contribution in [-0.2, 0) is 35.6 Å². The molecule has 1 aromatic carbocycles. The number of hydrogen-bond acceptors (Lipinski definition) is 9. The maximum atomic E-state index is 14.7. The second-order valence-corrected chi connectivity index (χ2v) is 19.5. The summed E-state index contributed by atoms with van der Waals surface area (Å²) in [5.74, 6) is -2.30. The maximum absolute atomic E-state index is 14.7. The monoisotopic (exact) mass is 785 g/mol. The molecule has 5 aliphatic rings. The van der Waals surface area contributed by atoms with Crippen LogP contribution in [0.5, 0.6) is 5.75 Å². The molecule has 1 saturated heterocycles.